The molecule has 2 aromatic carbocycles. The molecule has 2 heterocycles. The maximum atomic E-state index is 13.5. The van der Waals surface area contributed by atoms with E-state index < -0.39 is 0 Å². The van der Waals surface area contributed by atoms with Crippen molar-refractivity contribution in [2.75, 3.05) is 18.8 Å². The fraction of sp³-hybridized carbons (Fsp3) is 0.400. The van der Waals surface area contributed by atoms with Gasteiger partial charge in [-0.2, -0.15) is 0 Å². The molecule has 0 radical (unpaired) electrons. The lowest BCUT2D eigenvalue weighted by Gasteiger charge is -2.35. The Balaban J connectivity index is 1.73. The highest BCUT2D eigenvalue weighted by Crippen LogP contribution is 2.27. The van der Waals surface area contributed by atoms with Crippen LogP contribution in [0.2, 0.25) is 0 Å². The number of likely N-dealkylation sites (tertiary alicyclic amines) is 1. The molecule has 4 rings (SSSR count). The van der Waals surface area contributed by atoms with E-state index in [9.17, 15) is 9.59 Å². The molecule has 1 fully saturated rings. The number of aromatic nitrogens is 2. The Labute approximate surface area is 187 Å². The van der Waals surface area contributed by atoms with E-state index in [2.05, 4.69) is 13.8 Å². The molecule has 1 saturated heterocycles. The lowest BCUT2D eigenvalue weighted by atomic mass is 9.92. The van der Waals surface area contributed by atoms with E-state index in [-0.39, 0.29) is 17.2 Å². The number of rotatable bonds is 4. The Hall–Kier alpha value is -2.60. The molecule has 0 N–H and O–H groups in total. The molecule has 31 heavy (non-hydrogen) atoms. The first kappa shape index (κ1) is 21.6. The minimum Gasteiger partial charge on any atom is -0.341 e. The van der Waals surface area contributed by atoms with Gasteiger partial charge in [0.1, 0.15) is 0 Å². The molecule has 1 aromatic heterocycles. The summed E-state index contributed by atoms with van der Waals surface area (Å²) in [6.07, 6.45) is 1.16. The van der Waals surface area contributed by atoms with Crippen LogP contribution < -0.4 is 5.56 Å². The van der Waals surface area contributed by atoms with Crippen molar-refractivity contribution in [3.8, 4) is 5.69 Å². The van der Waals surface area contributed by atoms with Crippen LogP contribution in [0.5, 0.6) is 0 Å². The third-order valence-corrected chi connectivity index (χ3v) is 6.88. The van der Waals surface area contributed by atoms with Crippen LogP contribution in [0.25, 0.3) is 16.6 Å². The fourth-order valence-electron chi connectivity index (χ4n) is 4.65. The molecule has 0 spiro atoms. The molecule has 2 unspecified atom stereocenters. The fourth-order valence-corrected chi connectivity index (χ4v) is 5.55. The van der Waals surface area contributed by atoms with Crippen molar-refractivity contribution >= 4 is 28.6 Å². The Morgan fingerprint density at radius 1 is 1.03 bits per heavy atom. The summed E-state index contributed by atoms with van der Waals surface area (Å²) in [4.78, 5) is 33.2. The molecular formula is C25H29N3O2S. The first-order chi connectivity index (χ1) is 14.8. The second kappa shape index (κ2) is 8.87. The topological polar surface area (TPSA) is 55.2 Å². The van der Waals surface area contributed by atoms with Gasteiger partial charge in [-0.05, 0) is 55.4 Å². The standard InChI is InChI=1S/C25H29N3O2S/c1-16-12-17(2)14-27(13-16)22(29)15-31-25-26-21-11-6-5-10-20(21)24(30)28(25)23-18(3)8-7-9-19(23)4/h5-11,16-17H,12-15H2,1-4H3. The molecule has 1 aliphatic heterocycles. The number of fused-ring (bicyclic) bond motifs is 1. The summed E-state index contributed by atoms with van der Waals surface area (Å²) in [5.41, 5.74) is 3.42. The van der Waals surface area contributed by atoms with Crippen LogP contribution in [-0.2, 0) is 4.79 Å². The number of piperidine rings is 1. The molecule has 0 saturated carbocycles. The van der Waals surface area contributed by atoms with E-state index in [1.807, 2.05) is 61.2 Å². The highest BCUT2D eigenvalue weighted by atomic mass is 32.2. The van der Waals surface area contributed by atoms with Crippen LogP contribution >= 0.6 is 11.8 Å². The van der Waals surface area contributed by atoms with Crippen molar-refractivity contribution in [1.29, 1.82) is 0 Å². The van der Waals surface area contributed by atoms with Crippen molar-refractivity contribution in [2.24, 2.45) is 11.8 Å². The molecular weight excluding hydrogens is 406 g/mol. The Kier molecular flexibility index (Phi) is 6.19. The number of para-hydroxylation sites is 2. The largest absolute Gasteiger partial charge is 0.341 e. The molecule has 5 nitrogen and oxygen atoms in total. The lowest BCUT2D eigenvalue weighted by Crippen LogP contribution is -2.43. The third-order valence-electron chi connectivity index (χ3n) is 5.95. The van der Waals surface area contributed by atoms with E-state index >= 15 is 0 Å². The second-order valence-electron chi connectivity index (χ2n) is 8.83. The Morgan fingerprint density at radius 3 is 2.35 bits per heavy atom. The third kappa shape index (κ3) is 4.40. The SMILES string of the molecule is Cc1cccc(C)c1-n1c(SCC(=O)N2CC(C)CC(C)C2)nc2ccccc2c1=O. The number of carbonyl (C=O) groups is 1. The van der Waals surface area contributed by atoms with E-state index in [0.717, 1.165) is 36.3 Å². The van der Waals surface area contributed by atoms with Crippen molar-refractivity contribution in [3.63, 3.8) is 0 Å². The highest BCUT2D eigenvalue weighted by molar-refractivity contribution is 7.99. The second-order valence-corrected chi connectivity index (χ2v) is 9.77. The van der Waals surface area contributed by atoms with Crippen molar-refractivity contribution < 1.29 is 4.79 Å². The summed E-state index contributed by atoms with van der Waals surface area (Å²) in [7, 11) is 0. The quantitative estimate of drug-likeness (QED) is 0.444. The molecule has 6 heteroatoms. The number of nitrogens with zero attached hydrogens (tertiary/aromatic N) is 3. The van der Waals surface area contributed by atoms with Gasteiger partial charge in [0.25, 0.3) is 5.56 Å². The predicted octanol–water partition coefficient (Wildman–Crippen LogP) is 4.60. The lowest BCUT2D eigenvalue weighted by molar-refractivity contribution is -0.130. The molecule has 1 amide bonds. The van der Waals surface area contributed by atoms with Crippen molar-refractivity contribution in [2.45, 2.75) is 39.3 Å². The van der Waals surface area contributed by atoms with Gasteiger partial charge in [-0.15, -0.1) is 0 Å². The number of benzene rings is 2. The number of thioether (sulfide) groups is 1. The van der Waals surface area contributed by atoms with Crippen LogP contribution in [0.3, 0.4) is 0 Å². The molecule has 0 bridgehead atoms. The minimum atomic E-state index is -0.0989. The van der Waals surface area contributed by atoms with Gasteiger partial charge in [-0.3, -0.25) is 14.2 Å². The molecule has 1 aliphatic rings. The molecule has 2 atom stereocenters. The summed E-state index contributed by atoms with van der Waals surface area (Å²) in [5.74, 6) is 1.42. The molecule has 0 aliphatic carbocycles. The summed E-state index contributed by atoms with van der Waals surface area (Å²) in [6.45, 7) is 10.0. The summed E-state index contributed by atoms with van der Waals surface area (Å²) >= 11 is 1.35. The molecule has 3 aromatic rings. The predicted molar refractivity (Wildman–Crippen MR) is 127 cm³/mol. The van der Waals surface area contributed by atoms with Gasteiger partial charge in [0.05, 0.1) is 22.3 Å². The van der Waals surface area contributed by atoms with Gasteiger partial charge in [0.2, 0.25) is 5.91 Å². The minimum absolute atomic E-state index is 0.0989. The smallest absolute Gasteiger partial charge is 0.266 e. The average molecular weight is 436 g/mol. The zero-order valence-electron chi connectivity index (χ0n) is 18.6. The van der Waals surface area contributed by atoms with Gasteiger partial charge >= 0.3 is 0 Å². The number of hydrogen-bond acceptors (Lipinski definition) is 4. The number of hydrogen-bond donors (Lipinski definition) is 0. The first-order valence-corrected chi connectivity index (χ1v) is 11.8. The normalized spacial score (nSPS) is 19.0. The number of amides is 1. The van der Waals surface area contributed by atoms with Crippen LogP contribution in [0.4, 0.5) is 0 Å². The summed E-state index contributed by atoms with van der Waals surface area (Å²) in [6, 6.07) is 13.4. The maximum absolute atomic E-state index is 13.5. The van der Waals surface area contributed by atoms with Gasteiger partial charge in [-0.25, -0.2) is 4.98 Å². The monoisotopic (exact) mass is 435 g/mol. The van der Waals surface area contributed by atoms with Crippen molar-refractivity contribution in [1.82, 2.24) is 14.5 Å². The Bertz CT molecular complexity index is 1160. The van der Waals surface area contributed by atoms with Gasteiger partial charge in [0.15, 0.2) is 5.16 Å². The van der Waals surface area contributed by atoms with Gasteiger partial charge in [-0.1, -0.05) is 55.9 Å². The van der Waals surface area contributed by atoms with Crippen LogP contribution in [0.1, 0.15) is 31.4 Å². The summed E-state index contributed by atoms with van der Waals surface area (Å²) < 4.78 is 1.69. The highest BCUT2D eigenvalue weighted by Gasteiger charge is 2.26. The van der Waals surface area contributed by atoms with Gasteiger partial charge < -0.3 is 4.90 Å². The first-order valence-electron chi connectivity index (χ1n) is 10.8. The van der Waals surface area contributed by atoms with Crippen LogP contribution in [0.15, 0.2) is 52.4 Å². The number of carbonyl (C=O) groups excluding carboxylic acids is 1. The van der Waals surface area contributed by atoms with E-state index in [0.29, 0.717) is 27.9 Å². The van der Waals surface area contributed by atoms with Crippen molar-refractivity contribution in [3.05, 3.63) is 63.9 Å². The van der Waals surface area contributed by atoms with E-state index in [4.69, 9.17) is 4.98 Å². The zero-order valence-corrected chi connectivity index (χ0v) is 19.4. The molecule has 162 valence electrons. The number of aryl methyl sites for hydroxylation is 2. The van der Waals surface area contributed by atoms with Crippen LogP contribution in [0, 0.1) is 25.7 Å². The van der Waals surface area contributed by atoms with E-state index in [1.165, 1.54) is 11.8 Å². The summed E-state index contributed by atoms with van der Waals surface area (Å²) in [5, 5.41) is 1.15. The van der Waals surface area contributed by atoms with Gasteiger partial charge in [0, 0.05) is 13.1 Å². The Morgan fingerprint density at radius 2 is 1.68 bits per heavy atom. The maximum Gasteiger partial charge on any atom is 0.266 e. The zero-order chi connectivity index (χ0) is 22.1. The average Bonchev–Trinajstić information content (AvgIpc) is 2.73. The van der Waals surface area contributed by atoms with Crippen LogP contribution in [-0.4, -0.2) is 39.2 Å². The van der Waals surface area contributed by atoms with E-state index in [1.54, 1.807) is 4.57 Å².